The molecule has 1 heterocycles. The molecule has 1 aromatic heterocycles. The standard InChI is InChI=1S/C15H20N4/c1-19(12-8-6-11(16)7-9-12)15-13-4-2-3-5-14(13)17-10-18-15/h2-5,10-12H,6-9,16H2,1H3. The van der Waals surface area contributed by atoms with Gasteiger partial charge in [0.2, 0.25) is 0 Å². The number of rotatable bonds is 2. The maximum absolute atomic E-state index is 5.98. The molecule has 1 aromatic carbocycles. The lowest BCUT2D eigenvalue weighted by Gasteiger charge is -2.34. The summed E-state index contributed by atoms with van der Waals surface area (Å²) in [4.78, 5) is 11.1. The molecule has 0 radical (unpaired) electrons. The van der Waals surface area contributed by atoms with Crippen LogP contribution in [0, 0.1) is 0 Å². The van der Waals surface area contributed by atoms with Crippen LogP contribution in [0.1, 0.15) is 25.7 Å². The topological polar surface area (TPSA) is 55.0 Å². The number of hydrogen-bond donors (Lipinski definition) is 1. The Balaban J connectivity index is 1.91. The lowest BCUT2D eigenvalue weighted by molar-refractivity contribution is 0.384. The van der Waals surface area contributed by atoms with Gasteiger partial charge in [-0.15, -0.1) is 0 Å². The molecule has 4 heteroatoms. The van der Waals surface area contributed by atoms with Crippen molar-refractivity contribution in [2.45, 2.75) is 37.8 Å². The summed E-state index contributed by atoms with van der Waals surface area (Å²) in [5.74, 6) is 1.03. The van der Waals surface area contributed by atoms with Crippen LogP contribution in [-0.4, -0.2) is 29.1 Å². The minimum Gasteiger partial charge on any atom is -0.356 e. The van der Waals surface area contributed by atoms with E-state index in [2.05, 4.69) is 28.0 Å². The fourth-order valence-electron chi connectivity index (χ4n) is 2.93. The first kappa shape index (κ1) is 12.4. The van der Waals surface area contributed by atoms with Crippen molar-refractivity contribution >= 4 is 16.7 Å². The van der Waals surface area contributed by atoms with E-state index >= 15 is 0 Å². The Morgan fingerprint density at radius 2 is 1.84 bits per heavy atom. The average molecular weight is 256 g/mol. The lowest BCUT2D eigenvalue weighted by Crippen LogP contribution is -2.39. The van der Waals surface area contributed by atoms with Gasteiger partial charge in [-0.05, 0) is 37.8 Å². The van der Waals surface area contributed by atoms with Gasteiger partial charge in [0.25, 0.3) is 0 Å². The summed E-state index contributed by atoms with van der Waals surface area (Å²) in [6.07, 6.45) is 6.17. The molecule has 1 aliphatic carbocycles. The van der Waals surface area contributed by atoms with Gasteiger partial charge in [0.05, 0.1) is 5.52 Å². The molecule has 1 fully saturated rings. The molecule has 0 saturated heterocycles. The molecular weight excluding hydrogens is 236 g/mol. The predicted octanol–water partition coefficient (Wildman–Crippen LogP) is 2.34. The van der Waals surface area contributed by atoms with Gasteiger partial charge in [-0.25, -0.2) is 9.97 Å². The van der Waals surface area contributed by atoms with Crippen molar-refractivity contribution in [2.24, 2.45) is 5.73 Å². The molecule has 4 nitrogen and oxygen atoms in total. The van der Waals surface area contributed by atoms with E-state index in [0.29, 0.717) is 12.1 Å². The van der Waals surface area contributed by atoms with E-state index in [0.717, 1.165) is 42.4 Å². The fourth-order valence-corrected chi connectivity index (χ4v) is 2.93. The number of para-hydroxylation sites is 1. The van der Waals surface area contributed by atoms with Crippen LogP contribution in [-0.2, 0) is 0 Å². The molecule has 1 saturated carbocycles. The molecule has 3 rings (SSSR count). The number of hydrogen-bond acceptors (Lipinski definition) is 4. The summed E-state index contributed by atoms with van der Waals surface area (Å²) in [6, 6.07) is 9.10. The number of nitrogens with two attached hydrogens (primary N) is 1. The van der Waals surface area contributed by atoms with Crippen LogP contribution in [0.25, 0.3) is 10.9 Å². The van der Waals surface area contributed by atoms with Crippen molar-refractivity contribution in [3.8, 4) is 0 Å². The zero-order valence-electron chi connectivity index (χ0n) is 11.3. The van der Waals surface area contributed by atoms with Gasteiger partial charge >= 0.3 is 0 Å². The number of benzene rings is 1. The van der Waals surface area contributed by atoms with Crippen molar-refractivity contribution in [3.05, 3.63) is 30.6 Å². The van der Waals surface area contributed by atoms with E-state index in [4.69, 9.17) is 5.73 Å². The zero-order chi connectivity index (χ0) is 13.2. The second-order valence-electron chi connectivity index (χ2n) is 5.39. The fraction of sp³-hybridized carbons (Fsp3) is 0.467. The SMILES string of the molecule is CN(c1ncnc2ccccc12)C1CCC(N)CC1. The average Bonchev–Trinajstić information content (AvgIpc) is 2.47. The molecule has 0 amide bonds. The van der Waals surface area contributed by atoms with E-state index in [9.17, 15) is 0 Å². The monoisotopic (exact) mass is 256 g/mol. The van der Waals surface area contributed by atoms with Crippen LogP contribution in [0.15, 0.2) is 30.6 Å². The van der Waals surface area contributed by atoms with Crippen molar-refractivity contribution < 1.29 is 0 Å². The van der Waals surface area contributed by atoms with Gasteiger partial charge in [-0.2, -0.15) is 0 Å². The highest BCUT2D eigenvalue weighted by atomic mass is 15.2. The van der Waals surface area contributed by atoms with Gasteiger partial charge in [0, 0.05) is 24.5 Å². The summed E-state index contributed by atoms with van der Waals surface area (Å²) in [5, 5.41) is 1.13. The first-order valence-electron chi connectivity index (χ1n) is 6.94. The smallest absolute Gasteiger partial charge is 0.139 e. The maximum atomic E-state index is 5.98. The van der Waals surface area contributed by atoms with Gasteiger partial charge in [0.1, 0.15) is 12.1 Å². The van der Waals surface area contributed by atoms with Crippen molar-refractivity contribution in [1.29, 1.82) is 0 Å². The minimum atomic E-state index is 0.381. The largest absolute Gasteiger partial charge is 0.356 e. The molecule has 2 aromatic rings. The Hall–Kier alpha value is -1.68. The van der Waals surface area contributed by atoms with Crippen LogP contribution in [0.5, 0.6) is 0 Å². The molecule has 2 N–H and O–H groups in total. The van der Waals surface area contributed by atoms with E-state index in [1.165, 1.54) is 0 Å². The van der Waals surface area contributed by atoms with Crippen molar-refractivity contribution in [3.63, 3.8) is 0 Å². The van der Waals surface area contributed by atoms with Gasteiger partial charge in [-0.3, -0.25) is 0 Å². The summed E-state index contributed by atoms with van der Waals surface area (Å²) in [7, 11) is 2.14. The number of anilines is 1. The Morgan fingerprint density at radius 3 is 2.63 bits per heavy atom. The molecule has 0 spiro atoms. The van der Waals surface area contributed by atoms with E-state index < -0.39 is 0 Å². The molecule has 1 aliphatic rings. The number of nitrogens with zero attached hydrogens (tertiary/aromatic N) is 3. The third-order valence-electron chi connectivity index (χ3n) is 4.14. The second-order valence-corrected chi connectivity index (χ2v) is 5.39. The Kier molecular flexibility index (Phi) is 3.34. The third kappa shape index (κ3) is 2.40. The zero-order valence-corrected chi connectivity index (χ0v) is 11.3. The Bertz CT molecular complexity index is 556. The highest BCUT2D eigenvalue weighted by Gasteiger charge is 2.23. The van der Waals surface area contributed by atoms with Crippen LogP contribution < -0.4 is 10.6 Å². The second kappa shape index (κ2) is 5.13. The highest BCUT2D eigenvalue weighted by Crippen LogP contribution is 2.28. The quantitative estimate of drug-likeness (QED) is 0.896. The lowest BCUT2D eigenvalue weighted by atomic mass is 9.91. The third-order valence-corrected chi connectivity index (χ3v) is 4.14. The van der Waals surface area contributed by atoms with Crippen molar-refractivity contribution in [1.82, 2.24) is 9.97 Å². The maximum Gasteiger partial charge on any atom is 0.139 e. The van der Waals surface area contributed by atoms with Gasteiger partial charge < -0.3 is 10.6 Å². The molecule has 19 heavy (non-hydrogen) atoms. The molecular formula is C15H20N4. The normalized spacial score (nSPS) is 23.5. The molecule has 0 unspecified atom stereocenters. The summed E-state index contributed by atoms with van der Waals surface area (Å²) in [6.45, 7) is 0. The Labute approximate surface area is 113 Å². The molecule has 0 bridgehead atoms. The van der Waals surface area contributed by atoms with Crippen LogP contribution in [0.3, 0.4) is 0 Å². The summed E-state index contributed by atoms with van der Waals surface area (Å²) >= 11 is 0. The molecule has 100 valence electrons. The summed E-state index contributed by atoms with van der Waals surface area (Å²) in [5.41, 5.74) is 6.99. The first-order valence-corrected chi connectivity index (χ1v) is 6.94. The van der Waals surface area contributed by atoms with E-state index in [-0.39, 0.29) is 0 Å². The van der Waals surface area contributed by atoms with E-state index in [1.54, 1.807) is 6.33 Å². The molecule has 0 atom stereocenters. The summed E-state index contributed by atoms with van der Waals surface area (Å²) < 4.78 is 0. The number of aromatic nitrogens is 2. The van der Waals surface area contributed by atoms with E-state index in [1.807, 2.05) is 18.2 Å². The van der Waals surface area contributed by atoms with Crippen molar-refractivity contribution in [2.75, 3.05) is 11.9 Å². The predicted molar refractivity (Wildman–Crippen MR) is 78.2 cm³/mol. The van der Waals surface area contributed by atoms with Gasteiger partial charge in [-0.1, -0.05) is 12.1 Å². The highest BCUT2D eigenvalue weighted by molar-refractivity contribution is 5.89. The molecule has 0 aliphatic heterocycles. The van der Waals surface area contributed by atoms with Crippen LogP contribution in [0.4, 0.5) is 5.82 Å². The first-order chi connectivity index (χ1) is 9.25. The van der Waals surface area contributed by atoms with Gasteiger partial charge in [0.15, 0.2) is 0 Å². The van der Waals surface area contributed by atoms with Crippen LogP contribution in [0.2, 0.25) is 0 Å². The van der Waals surface area contributed by atoms with Crippen LogP contribution >= 0.6 is 0 Å². The Morgan fingerprint density at radius 1 is 1.11 bits per heavy atom. The number of fused-ring (bicyclic) bond motifs is 1. The minimum absolute atomic E-state index is 0.381.